The highest BCUT2D eigenvalue weighted by Gasteiger charge is 2.57. The van der Waals surface area contributed by atoms with Gasteiger partial charge in [0.2, 0.25) is 0 Å². The highest BCUT2D eigenvalue weighted by molar-refractivity contribution is 8.00. The molecule has 0 atom stereocenters. The second-order valence-corrected chi connectivity index (χ2v) is 18.0. The van der Waals surface area contributed by atoms with Gasteiger partial charge in [0.25, 0.3) is 0 Å². The van der Waals surface area contributed by atoms with Crippen LogP contribution in [0, 0.1) is 6.92 Å². The summed E-state index contributed by atoms with van der Waals surface area (Å²) in [5, 5.41) is 9.67. The summed E-state index contributed by atoms with van der Waals surface area (Å²) in [6, 6.07) is 55.8. The topological polar surface area (TPSA) is 97.7 Å². The summed E-state index contributed by atoms with van der Waals surface area (Å²) >= 11 is 0. The number of aryl methyl sites for hydroxylation is 3. The van der Waals surface area contributed by atoms with Crippen molar-refractivity contribution in [3.05, 3.63) is 208 Å². The Kier molecular flexibility index (Phi) is 14.5. The molecule has 6 nitrogen and oxygen atoms in total. The van der Waals surface area contributed by atoms with Gasteiger partial charge in [-0.15, -0.1) is 3.63 Å². The van der Waals surface area contributed by atoms with E-state index in [0.29, 0.717) is 5.75 Å². The van der Waals surface area contributed by atoms with Crippen molar-refractivity contribution in [1.29, 1.82) is 0 Å². The van der Waals surface area contributed by atoms with Crippen molar-refractivity contribution in [2.24, 2.45) is 0 Å². The van der Waals surface area contributed by atoms with Crippen LogP contribution in [-0.2, 0) is 36.7 Å². The maximum Gasteiger partial charge on any atom is 0.524 e. The van der Waals surface area contributed by atoms with Crippen LogP contribution in [0.5, 0.6) is 5.75 Å². The van der Waals surface area contributed by atoms with Gasteiger partial charge in [0.1, 0.15) is 5.75 Å². The number of allylic oxidation sites excluding steroid dienone is 2. The van der Waals surface area contributed by atoms with Crippen LogP contribution >= 0.6 is 0 Å². The molecule has 0 fully saturated rings. The lowest BCUT2D eigenvalue weighted by Crippen LogP contribution is -2.34. The van der Waals surface area contributed by atoms with Gasteiger partial charge in [-0.05, 0) is 124 Å². The zero-order valence-electron chi connectivity index (χ0n) is 33.8. The molecule has 0 saturated heterocycles. The van der Waals surface area contributed by atoms with Gasteiger partial charge in [0.05, 0.1) is 0 Å². The van der Waals surface area contributed by atoms with Crippen molar-refractivity contribution < 1.29 is 51.9 Å². The molecule has 63 heavy (non-hydrogen) atoms. The molecule has 0 heterocycles. The number of benzene rings is 6. The third kappa shape index (κ3) is 11.4. The van der Waals surface area contributed by atoms with Gasteiger partial charge in [-0.2, -0.15) is 43.2 Å². The maximum atomic E-state index is 11.4. The molecule has 14 heteroatoms. The predicted molar refractivity (Wildman–Crippen MR) is 234 cm³/mol. The van der Waals surface area contributed by atoms with E-state index in [9.17, 15) is 48.3 Å². The number of hydrogen-bond donors (Lipinski definition) is 1. The fourth-order valence-electron chi connectivity index (χ4n) is 7.51. The van der Waals surface area contributed by atoms with Crippen LogP contribution in [0.3, 0.4) is 0 Å². The molecule has 6 aromatic rings. The minimum atomic E-state index is -6.85. The minimum Gasteiger partial charge on any atom is -0.508 e. The molecule has 0 unspecified atom stereocenters. The zero-order valence-corrected chi connectivity index (χ0v) is 35.5. The van der Waals surface area contributed by atoms with Crippen molar-refractivity contribution in [3.63, 3.8) is 0 Å². The number of alkyl halides is 6. The van der Waals surface area contributed by atoms with E-state index in [0.717, 1.165) is 32.1 Å². The van der Waals surface area contributed by atoms with Crippen molar-refractivity contribution in [1.82, 2.24) is 0 Å². The first kappa shape index (κ1) is 46.5. The molecule has 6 aromatic carbocycles. The van der Waals surface area contributed by atoms with Gasteiger partial charge >= 0.3 is 31.3 Å². The van der Waals surface area contributed by atoms with Crippen LogP contribution < -0.4 is 0 Å². The summed E-state index contributed by atoms with van der Waals surface area (Å²) in [7, 11) is -13.7. The Hall–Kier alpha value is -5.96. The average Bonchev–Trinajstić information content (AvgIpc) is 3.57. The second-order valence-electron chi connectivity index (χ2n) is 14.7. The standard InChI is InChI=1S/C24H22.C23H20O.C2F6O5S2/c1-18-14-16-21(17-15-18)24-22-12-6-5-10-20(22)11-7-13-23(24)19-8-3-2-4-9-19;24-20-15-13-19(14-16-20)23-21-11-5-4-9-18(21)10-6-12-22(23)17-7-2-1-3-8-17;3-1(4,5)14(9,10)13-15(11,12)2(6,7)8/h2-6,8-10,12,14-17H,7,11,13H2,1H3;1-5,7-9,11,13-16,24H,6,10,12H2;. The van der Waals surface area contributed by atoms with Gasteiger partial charge in [-0.3, -0.25) is 0 Å². The summed E-state index contributed by atoms with van der Waals surface area (Å²) in [5.74, 6) is 0.308. The van der Waals surface area contributed by atoms with Gasteiger partial charge in [0.15, 0.2) is 0 Å². The third-order valence-electron chi connectivity index (χ3n) is 10.4. The molecule has 0 bridgehead atoms. The molecule has 0 aliphatic heterocycles. The molecule has 0 spiro atoms. The van der Waals surface area contributed by atoms with Crippen LogP contribution in [0.1, 0.15) is 75.8 Å². The molecule has 0 saturated carbocycles. The van der Waals surface area contributed by atoms with E-state index in [1.54, 1.807) is 12.1 Å². The monoisotopic (exact) mass is 904 g/mol. The summed E-state index contributed by atoms with van der Waals surface area (Å²) in [4.78, 5) is 0. The molecule has 2 aliphatic carbocycles. The Balaban J connectivity index is 0.000000163. The Morgan fingerprint density at radius 2 is 0.794 bits per heavy atom. The molecule has 0 radical (unpaired) electrons. The highest BCUT2D eigenvalue weighted by atomic mass is 32.3. The minimum absolute atomic E-state index is 0.308. The van der Waals surface area contributed by atoms with Crippen molar-refractivity contribution in [2.45, 2.75) is 56.5 Å². The molecule has 328 valence electrons. The molecular formula is C49H42F6O6S2. The van der Waals surface area contributed by atoms with Crippen LogP contribution in [-0.4, -0.2) is 33.0 Å². The third-order valence-corrected chi connectivity index (χ3v) is 13.0. The maximum absolute atomic E-state index is 11.4. The first-order valence-corrected chi connectivity index (χ1v) is 22.6. The SMILES string of the molecule is Cc1ccc(C2=C(c3ccccc3)CCCc3ccccc32)cc1.O=S(=O)(OS(=O)(=O)C(F)(F)F)C(F)(F)F.Oc1ccc(C2=C(c3ccccc3)CCCc3ccccc32)cc1. The molecule has 0 aromatic heterocycles. The Labute approximate surface area is 363 Å². The number of hydrogen-bond acceptors (Lipinski definition) is 6. The van der Waals surface area contributed by atoms with E-state index in [2.05, 4.69) is 140 Å². The predicted octanol–water partition coefficient (Wildman–Crippen LogP) is 12.7. The lowest BCUT2D eigenvalue weighted by Gasteiger charge is -2.16. The van der Waals surface area contributed by atoms with Gasteiger partial charge in [-0.25, -0.2) is 0 Å². The van der Waals surface area contributed by atoms with E-state index in [4.69, 9.17) is 0 Å². The normalized spacial score (nSPS) is 14.5. The molecule has 2 aliphatic rings. The van der Waals surface area contributed by atoms with E-state index in [1.165, 1.54) is 78.8 Å². The van der Waals surface area contributed by atoms with Crippen LogP contribution in [0.15, 0.2) is 158 Å². The number of rotatable bonds is 6. The number of halogens is 6. The highest BCUT2D eigenvalue weighted by Crippen LogP contribution is 2.41. The zero-order chi connectivity index (χ0) is 45.4. The van der Waals surface area contributed by atoms with Gasteiger partial charge in [0, 0.05) is 0 Å². The number of phenolic OH excluding ortho intramolecular Hbond substituents is 1. The lowest BCUT2D eigenvalue weighted by molar-refractivity contribution is -0.0585. The van der Waals surface area contributed by atoms with Crippen LogP contribution in [0.25, 0.3) is 22.3 Å². The summed E-state index contributed by atoms with van der Waals surface area (Å²) in [5.41, 5.74) is 5.11. The van der Waals surface area contributed by atoms with Gasteiger partial charge in [-0.1, -0.05) is 151 Å². The molecule has 8 rings (SSSR count). The number of phenols is 1. The largest absolute Gasteiger partial charge is 0.524 e. The first-order chi connectivity index (χ1) is 29.9. The van der Waals surface area contributed by atoms with Gasteiger partial charge < -0.3 is 5.11 Å². The van der Waals surface area contributed by atoms with E-state index < -0.39 is 31.3 Å². The van der Waals surface area contributed by atoms with Crippen molar-refractivity contribution in [3.8, 4) is 5.75 Å². The molecule has 0 amide bonds. The lowest BCUT2D eigenvalue weighted by atomic mass is 9.87. The second kappa shape index (κ2) is 19.6. The van der Waals surface area contributed by atoms with Crippen molar-refractivity contribution >= 4 is 42.5 Å². The first-order valence-electron chi connectivity index (χ1n) is 19.8. The summed E-state index contributed by atoms with van der Waals surface area (Å²) < 4.78 is 110. The Morgan fingerprint density at radius 1 is 0.444 bits per heavy atom. The van der Waals surface area contributed by atoms with E-state index >= 15 is 0 Å². The summed E-state index contributed by atoms with van der Waals surface area (Å²) in [6.07, 6.45) is 6.81. The Bertz CT molecular complexity index is 2610. The van der Waals surface area contributed by atoms with E-state index in [1.807, 2.05) is 15.8 Å². The van der Waals surface area contributed by atoms with Crippen LogP contribution in [0.2, 0.25) is 0 Å². The molecular weight excluding hydrogens is 863 g/mol. The quantitative estimate of drug-likeness (QED) is 0.132. The van der Waals surface area contributed by atoms with Crippen LogP contribution in [0.4, 0.5) is 26.3 Å². The summed E-state index contributed by atoms with van der Waals surface area (Å²) in [6.45, 7) is 2.15. The number of fused-ring (bicyclic) bond motifs is 2. The number of aromatic hydroxyl groups is 1. The molecule has 1 N–H and O–H groups in total. The fraction of sp³-hybridized carbons (Fsp3) is 0.184. The fourth-order valence-corrected chi connectivity index (χ4v) is 9.07. The smallest absolute Gasteiger partial charge is 0.508 e. The van der Waals surface area contributed by atoms with E-state index in [-0.39, 0.29) is 0 Å². The average molecular weight is 905 g/mol. The Morgan fingerprint density at radius 3 is 1.17 bits per heavy atom. The van der Waals surface area contributed by atoms with Crippen molar-refractivity contribution in [2.75, 3.05) is 0 Å².